The van der Waals surface area contributed by atoms with Crippen LogP contribution in [0.4, 0.5) is 19.0 Å². The molecule has 0 amide bonds. The second-order valence-electron chi connectivity index (χ2n) is 5.85. The van der Waals surface area contributed by atoms with Crippen molar-refractivity contribution in [3.05, 3.63) is 35.1 Å². The van der Waals surface area contributed by atoms with Crippen molar-refractivity contribution in [2.75, 3.05) is 31.1 Å². The largest absolute Gasteiger partial charge is 0.433 e. The van der Waals surface area contributed by atoms with Gasteiger partial charge in [-0.1, -0.05) is 5.16 Å². The molecule has 130 valence electrons. The van der Waals surface area contributed by atoms with E-state index in [1.165, 1.54) is 6.92 Å². The molecule has 3 rings (SSSR count). The predicted octanol–water partition coefficient (Wildman–Crippen LogP) is 2.42. The maximum Gasteiger partial charge on any atom is 0.433 e. The van der Waals surface area contributed by atoms with E-state index in [9.17, 15) is 13.2 Å². The van der Waals surface area contributed by atoms with Gasteiger partial charge in [0.1, 0.15) is 17.3 Å². The Kier molecular flexibility index (Phi) is 4.44. The molecule has 0 aromatic carbocycles. The molecule has 0 N–H and O–H groups in total. The van der Waals surface area contributed by atoms with Crippen LogP contribution in [0.1, 0.15) is 23.0 Å². The zero-order valence-electron chi connectivity index (χ0n) is 13.5. The van der Waals surface area contributed by atoms with Crippen LogP contribution in [0.3, 0.4) is 0 Å². The van der Waals surface area contributed by atoms with E-state index in [-0.39, 0.29) is 5.82 Å². The number of nitrogens with zero attached hydrogens (tertiary/aromatic N) is 5. The molecule has 1 aliphatic rings. The second-order valence-corrected chi connectivity index (χ2v) is 5.85. The molecule has 6 nitrogen and oxygen atoms in total. The van der Waals surface area contributed by atoms with Gasteiger partial charge in [-0.25, -0.2) is 9.97 Å². The van der Waals surface area contributed by atoms with Gasteiger partial charge in [0, 0.05) is 38.3 Å². The Bertz CT molecular complexity index is 707. The summed E-state index contributed by atoms with van der Waals surface area (Å²) in [6, 6.07) is 2.90. The van der Waals surface area contributed by atoms with Crippen LogP contribution in [0.2, 0.25) is 0 Å². The van der Waals surface area contributed by atoms with Gasteiger partial charge in [0.15, 0.2) is 5.76 Å². The maximum atomic E-state index is 12.9. The summed E-state index contributed by atoms with van der Waals surface area (Å²) >= 11 is 0. The van der Waals surface area contributed by atoms with Crippen LogP contribution < -0.4 is 4.90 Å². The molecule has 0 saturated carbocycles. The summed E-state index contributed by atoms with van der Waals surface area (Å²) < 4.78 is 43.9. The molecule has 24 heavy (non-hydrogen) atoms. The van der Waals surface area contributed by atoms with Crippen LogP contribution in [0.25, 0.3) is 0 Å². The van der Waals surface area contributed by atoms with Crippen molar-refractivity contribution in [1.29, 1.82) is 0 Å². The smallest absolute Gasteiger partial charge is 0.360 e. The number of rotatable bonds is 3. The van der Waals surface area contributed by atoms with Crippen molar-refractivity contribution in [3.8, 4) is 0 Å². The number of aryl methyl sites for hydroxylation is 2. The average molecular weight is 341 g/mol. The number of anilines is 1. The highest BCUT2D eigenvalue weighted by atomic mass is 19.4. The summed E-state index contributed by atoms with van der Waals surface area (Å²) in [6.45, 7) is 6.60. The molecule has 1 aliphatic heterocycles. The zero-order chi connectivity index (χ0) is 17.3. The van der Waals surface area contributed by atoms with Gasteiger partial charge in [-0.05, 0) is 13.8 Å². The van der Waals surface area contributed by atoms with Crippen LogP contribution in [-0.4, -0.2) is 46.2 Å². The topological polar surface area (TPSA) is 58.3 Å². The Morgan fingerprint density at radius 2 is 1.79 bits per heavy atom. The van der Waals surface area contributed by atoms with Crippen molar-refractivity contribution < 1.29 is 17.7 Å². The summed E-state index contributed by atoms with van der Waals surface area (Å²) in [5.74, 6) is 1.24. The fourth-order valence-electron chi connectivity index (χ4n) is 2.71. The number of hydrogen-bond donors (Lipinski definition) is 0. The lowest BCUT2D eigenvalue weighted by Gasteiger charge is -2.35. The molecule has 0 unspecified atom stereocenters. The van der Waals surface area contributed by atoms with Gasteiger partial charge in [0.25, 0.3) is 0 Å². The summed E-state index contributed by atoms with van der Waals surface area (Å²) in [5, 5.41) is 3.85. The first kappa shape index (κ1) is 16.7. The molecule has 0 bridgehead atoms. The van der Waals surface area contributed by atoms with Crippen LogP contribution in [0.15, 0.2) is 16.7 Å². The molecule has 0 aliphatic carbocycles. The second kappa shape index (κ2) is 6.39. The lowest BCUT2D eigenvalue weighted by Crippen LogP contribution is -2.46. The normalized spacial score (nSPS) is 16.6. The molecule has 1 saturated heterocycles. The van der Waals surface area contributed by atoms with Crippen molar-refractivity contribution in [1.82, 2.24) is 20.0 Å². The van der Waals surface area contributed by atoms with E-state index in [4.69, 9.17) is 4.52 Å². The summed E-state index contributed by atoms with van der Waals surface area (Å²) in [5.41, 5.74) is -0.0654. The first-order chi connectivity index (χ1) is 11.3. The van der Waals surface area contributed by atoms with Crippen LogP contribution in [0.5, 0.6) is 0 Å². The van der Waals surface area contributed by atoms with Crippen molar-refractivity contribution in [2.45, 2.75) is 26.6 Å². The van der Waals surface area contributed by atoms with E-state index in [2.05, 4.69) is 20.0 Å². The van der Waals surface area contributed by atoms with Gasteiger partial charge >= 0.3 is 6.18 Å². The standard InChI is InChI=1S/C15H18F3N5O/c1-10-7-12(24-21-10)9-22-3-5-23(6-4-22)14-8-13(15(16,17)18)19-11(2)20-14/h7-8H,3-6,9H2,1-2H3. The highest BCUT2D eigenvalue weighted by molar-refractivity contribution is 5.41. The SMILES string of the molecule is Cc1cc(CN2CCN(c3cc(C(F)(F)F)nc(C)n3)CC2)on1. The molecule has 0 spiro atoms. The maximum absolute atomic E-state index is 12.9. The number of hydrogen-bond acceptors (Lipinski definition) is 6. The molecule has 2 aromatic rings. The van der Waals surface area contributed by atoms with E-state index >= 15 is 0 Å². The third kappa shape index (κ3) is 3.84. The van der Waals surface area contributed by atoms with Gasteiger partial charge in [0.2, 0.25) is 0 Å². The number of halogens is 3. The fraction of sp³-hybridized carbons (Fsp3) is 0.533. The third-order valence-corrected chi connectivity index (χ3v) is 3.87. The monoisotopic (exact) mass is 341 g/mol. The van der Waals surface area contributed by atoms with Gasteiger partial charge in [-0.3, -0.25) is 4.90 Å². The molecule has 1 fully saturated rings. The van der Waals surface area contributed by atoms with Crippen LogP contribution in [-0.2, 0) is 12.7 Å². The van der Waals surface area contributed by atoms with Gasteiger partial charge < -0.3 is 9.42 Å². The quantitative estimate of drug-likeness (QED) is 0.855. The Morgan fingerprint density at radius 3 is 2.38 bits per heavy atom. The minimum Gasteiger partial charge on any atom is -0.360 e. The van der Waals surface area contributed by atoms with Crippen LogP contribution >= 0.6 is 0 Å². The highest BCUT2D eigenvalue weighted by Crippen LogP contribution is 2.30. The summed E-state index contributed by atoms with van der Waals surface area (Å²) in [7, 11) is 0. The minimum atomic E-state index is -4.46. The summed E-state index contributed by atoms with van der Waals surface area (Å²) in [4.78, 5) is 11.7. The van der Waals surface area contributed by atoms with E-state index in [1.807, 2.05) is 17.9 Å². The first-order valence-corrected chi connectivity index (χ1v) is 7.63. The van der Waals surface area contributed by atoms with E-state index in [0.29, 0.717) is 38.5 Å². The molecule has 0 atom stereocenters. The third-order valence-electron chi connectivity index (χ3n) is 3.87. The van der Waals surface area contributed by atoms with Gasteiger partial charge in [-0.2, -0.15) is 13.2 Å². The minimum absolute atomic E-state index is 0.124. The van der Waals surface area contributed by atoms with Gasteiger partial charge in [-0.15, -0.1) is 0 Å². The molecular weight excluding hydrogens is 323 g/mol. The first-order valence-electron chi connectivity index (χ1n) is 7.63. The zero-order valence-corrected chi connectivity index (χ0v) is 13.5. The summed E-state index contributed by atoms with van der Waals surface area (Å²) in [6.07, 6.45) is -4.46. The molecule has 2 aromatic heterocycles. The van der Waals surface area contributed by atoms with E-state index in [1.54, 1.807) is 0 Å². The Balaban J connectivity index is 1.65. The number of aromatic nitrogens is 3. The fourth-order valence-corrected chi connectivity index (χ4v) is 2.71. The molecule has 0 radical (unpaired) electrons. The van der Waals surface area contributed by atoms with E-state index < -0.39 is 11.9 Å². The van der Waals surface area contributed by atoms with Crippen molar-refractivity contribution in [3.63, 3.8) is 0 Å². The van der Waals surface area contributed by atoms with Crippen molar-refractivity contribution >= 4 is 5.82 Å². The van der Waals surface area contributed by atoms with Crippen LogP contribution in [0, 0.1) is 13.8 Å². The number of alkyl halides is 3. The Labute approximate surface area is 137 Å². The molecular formula is C15H18F3N5O. The average Bonchev–Trinajstić information content (AvgIpc) is 2.91. The Hall–Kier alpha value is -2.16. The predicted molar refractivity (Wildman–Crippen MR) is 80.5 cm³/mol. The lowest BCUT2D eigenvalue weighted by atomic mass is 10.2. The van der Waals surface area contributed by atoms with Crippen molar-refractivity contribution in [2.24, 2.45) is 0 Å². The van der Waals surface area contributed by atoms with E-state index in [0.717, 1.165) is 17.5 Å². The lowest BCUT2D eigenvalue weighted by molar-refractivity contribution is -0.141. The molecule has 9 heteroatoms. The highest BCUT2D eigenvalue weighted by Gasteiger charge is 2.34. The Morgan fingerprint density at radius 1 is 1.08 bits per heavy atom. The van der Waals surface area contributed by atoms with Gasteiger partial charge in [0.05, 0.1) is 12.2 Å². The molecule has 3 heterocycles. The number of piperazine rings is 1.